The molecule has 0 radical (unpaired) electrons. The fourth-order valence-corrected chi connectivity index (χ4v) is 4.06. The van der Waals surface area contributed by atoms with Crippen LogP contribution in [0.1, 0.15) is 38.5 Å². The minimum atomic E-state index is -0.690. The predicted molar refractivity (Wildman–Crippen MR) is 103 cm³/mol. The Morgan fingerprint density at radius 2 is 1.87 bits per heavy atom. The van der Waals surface area contributed by atoms with Crippen molar-refractivity contribution in [3.63, 3.8) is 0 Å². The van der Waals surface area contributed by atoms with Gasteiger partial charge in [0.15, 0.2) is 6.61 Å². The van der Waals surface area contributed by atoms with E-state index < -0.39 is 12.5 Å². The molecule has 2 unspecified atom stereocenters. The van der Waals surface area contributed by atoms with Crippen LogP contribution in [0.25, 0.3) is 11.4 Å². The third-order valence-electron chi connectivity index (χ3n) is 5.47. The molecule has 2 amide bonds. The quantitative estimate of drug-likeness (QED) is 0.502. The summed E-state index contributed by atoms with van der Waals surface area (Å²) in [7, 11) is 0. The van der Waals surface area contributed by atoms with E-state index in [-0.39, 0.29) is 36.1 Å². The van der Waals surface area contributed by atoms with Crippen molar-refractivity contribution in [2.75, 3.05) is 13.2 Å². The second-order valence-corrected chi connectivity index (χ2v) is 7.36. The number of carbonyl (C=O) groups is 3. The van der Waals surface area contributed by atoms with Crippen molar-refractivity contribution in [3.05, 3.63) is 30.2 Å². The third-order valence-corrected chi connectivity index (χ3v) is 5.47. The molecule has 1 aliphatic heterocycles. The van der Waals surface area contributed by atoms with Gasteiger partial charge in [0.2, 0.25) is 17.6 Å². The number of amides is 2. The summed E-state index contributed by atoms with van der Waals surface area (Å²) in [5.74, 6) is -0.757. The molecular formula is C21H23N3O6. The number of imide groups is 1. The zero-order valence-electron chi connectivity index (χ0n) is 16.7. The highest BCUT2D eigenvalue weighted by molar-refractivity contribution is 6.07. The first-order valence-corrected chi connectivity index (χ1v) is 10.1. The van der Waals surface area contributed by atoms with E-state index in [2.05, 4.69) is 10.1 Å². The van der Waals surface area contributed by atoms with Crippen LogP contribution in [0.2, 0.25) is 0 Å². The molecule has 9 nitrogen and oxygen atoms in total. The number of aromatic nitrogens is 2. The van der Waals surface area contributed by atoms with Gasteiger partial charge < -0.3 is 14.0 Å². The topological polar surface area (TPSA) is 112 Å². The smallest absolute Gasteiger partial charge is 0.326 e. The minimum absolute atomic E-state index is 0.109. The molecule has 0 N–H and O–H groups in total. The van der Waals surface area contributed by atoms with E-state index in [0.29, 0.717) is 36.6 Å². The number of hydrogen-bond donors (Lipinski definition) is 0. The number of hydrogen-bond acceptors (Lipinski definition) is 8. The molecule has 158 valence electrons. The second kappa shape index (κ2) is 8.64. The van der Waals surface area contributed by atoms with Gasteiger partial charge in [-0.05, 0) is 31.9 Å². The summed E-state index contributed by atoms with van der Waals surface area (Å²) >= 11 is 0. The molecule has 2 heterocycles. The van der Waals surface area contributed by atoms with Crippen LogP contribution in [0.4, 0.5) is 0 Å². The Morgan fingerprint density at radius 3 is 2.57 bits per heavy atom. The maximum absolute atomic E-state index is 12.4. The van der Waals surface area contributed by atoms with E-state index in [4.69, 9.17) is 14.0 Å². The van der Waals surface area contributed by atoms with Crippen LogP contribution < -0.4 is 4.74 Å². The van der Waals surface area contributed by atoms with Crippen LogP contribution >= 0.6 is 0 Å². The molecule has 30 heavy (non-hydrogen) atoms. The molecule has 4 rings (SSSR count). The van der Waals surface area contributed by atoms with Gasteiger partial charge in [-0.1, -0.05) is 30.1 Å². The lowest BCUT2D eigenvalue weighted by Gasteiger charge is -2.19. The Bertz CT molecular complexity index is 932. The molecule has 2 aliphatic rings. The fraction of sp³-hybridized carbons (Fsp3) is 0.476. The summed E-state index contributed by atoms with van der Waals surface area (Å²) in [6.07, 6.45) is 3.28. The average Bonchev–Trinajstić information content (AvgIpc) is 3.32. The lowest BCUT2D eigenvalue weighted by Crippen LogP contribution is -2.36. The van der Waals surface area contributed by atoms with E-state index in [0.717, 1.165) is 17.7 Å². The van der Waals surface area contributed by atoms with Crippen molar-refractivity contribution in [2.45, 2.75) is 39.2 Å². The number of rotatable bonds is 7. The van der Waals surface area contributed by atoms with Gasteiger partial charge in [-0.25, -0.2) is 0 Å². The van der Waals surface area contributed by atoms with Crippen LogP contribution in [0.5, 0.6) is 5.75 Å². The highest BCUT2D eigenvalue weighted by Gasteiger charge is 2.48. The molecule has 2 aromatic rings. The van der Waals surface area contributed by atoms with Gasteiger partial charge in [0, 0.05) is 0 Å². The number of benzene rings is 1. The number of ether oxygens (including phenoxy) is 2. The second-order valence-electron chi connectivity index (χ2n) is 7.36. The largest absolute Gasteiger partial charge is 0.493 e. The van der Waals surface area contributed by atoms with Crippen LogP contribution in [-0.2, 0) is 25.7 Å². The van der Waals surface area contributed by atoms with Gasteiger partial charge in [-0.2, -0.15) is 4.98 Å². The number of fused-ring (bicyclic) bond motifs is 1. The molecule has 9 heteroatoms. The van der Waals surface area contributed by atoms with Gasteiger partial charge in [-0.3, -0.25) is 19.3 Å². The highest BCUT2D eigenvalue weighted by atomic mass is 16.6. The first-order valence-electron chi connectivity index (χ1n) is 10.1. The normalized spacial score (nSPS) is 20.9. The van der Waals surface area contributed by atoms with Gasteiger partial charge >= 0.3 is 5.97 Å². The average molecular weight is 413 g/mol. The summed E-state index contributed by atoms with van der Waals surface area (Å²) in [5, 5.41) is 3.91. The fourth-order valence-electron chi connectivity index (χ4n) is 4.06. The lowest BCUT2D eigenvalue weighted by atomic mass is 9.81. The highest BCUT2D eigenvalue weighted by Crippen LogP contribution is 2.37. The summed E-state index contributed by atoms with van der Waals surface area (Å²) < 4.78 is 15.9. The summed E-state index contributed by atoms with van der Waals surface area (Å²) in [5.41, 5.74) is 0.663. The van der Waals surface area contributed by atoms with Crippen molar-refractivity contribution in [2.24, 2.45) is 11.8 Å². The van der Waals surface area contributed by atoms with Crippen molar-refractivity contribution >= 4 is 17.8 Å². The Morgan fingerprint density at radius 1 is 1.17 bits per heavy atom. The Hall–Kier alpha value is -3.23. The van der Waals surface area contributed by atoms with Gasteiger partial charge in [0.25, 0.3) is 5.89 Å². The molecule has 2 atom stereocenters. The summed E-state index contributed by atoms with van der Waals surface area (Å²) in [6.45, 7) is 1.74. The minimum Gasteiger partial charge on any atom is -0.493 e. The monoisotopic (exact) mass is 413 g/mol. The summed E-state index contributed by atoms with van der Waals surface area (Å²) in [4.78, 5) is 42.4. The number of para-hydroxylation sites is 1. The first-order chi connectivity index (χ1) is 14.6. The van der Waals surface area contributed by atoms with E-state index in [9.17, 15) is 14.4 Å². The molecular weight excluding hydrogens is 390 g/mol. The zero-order chi connectivity index (χ0) is 21.1. The standard InChI is InChI=1S/C21H23N3O6/c1-2-28-16-10-6-5-9-15(16)19-22-17(30-23-19)12-29-18(25)11-24-20(26)13-7-3-4-8-14(13)21(24)27/h5-6,9-10,13-14H,2-4,7-8,11-12H2,1H3. The Labute approximate surface area is 173 Å². The van der Waals surface area contributed by atoms with Crippen molar-refractivity contribution in [1.29, 1.82) is 0 Å². The van der Waals surface area contributed by atoms with Gasteiger partial charge in [0.05, 0.1) is 24.0 Å². The van der Waals surface area contributed by atoms with E-state index in [1.165, 1.54) is 0 Å². The van der Waals surface area contributed by atoms with E-state index >= 15 is 0 Å². The van der Waals surface area contributed by atoms with E-state index in [1.54, 1.807) is 12.1 Å². The Kier molecular flexibility index (Phi) is 5.78. The summed E-state index contributed by atoms with van der Waals surface area (Å²) in [6, 6.07) is 7.27. The molecule has 0 spiro atoms. The Balaban J connectivity index is 1.35. The molecule has 1 aliphatic carbocycles. The molecule has 1 saturated heterocycles. The van der Waals surface area contributed by atoms with Crippen LogP contribution in [0.15, 0.2) is 28.8 Å². The lowest BCUT2D eigenvalue weighted by molar-refractivity contribution is -0.154. The molecule has 0 bridgehead atoms. The number of likely N-dealkylation sites (tertiary alicyclic amines) is 1. The van der Waals surface area contributed by atoms with Crippen LogP contribution in [0, 0.1) is 11.8 Å². The van der Waals surface area contributed by atoms with Crippen molar-refractivity contribution < 1.29 is 28.4 Å². The van der Waals surface area contributed by atoms with E-state index in [1.807, 2.05) is 19.1 Å². The zero-order valence-corrected chi connectivity index (χ0v) is 16.7. The molecule has 1 aromatic carbocycles. The van der Waals surface area contributed by atoms with Crippen molar-refractivity contribution in [1.82, 2.24) is 15.0 Å². The van der Waals surface area contributed by atoms with Gasteiger partial charge in [0.1, 0.15) is 12.3 Å². The predicted octanol–water partition coefficient (Wildman–Crippen LogP) is 2.35. The van der Waals surface area contributed by atoms with Crippen molar-refractivity contribution in [3.8, 4) is 17.1 Å². The molecule has 1 saturated carbocycles. The first kappa shape index (κ1) is 20.1. The SMILES string of the molecule is CCOc1ccccc1-c1noc(COC(=O)CN2C(=O)C3CCCCC3C2=O)n1. The third kappa shape index (κ3) is 3.92. The maximum atomic E-state index is 12.4. The number of nitrogens with zero attached hydrogens (tertiary/aromatic N) is 3. The number of carbonyl (C=O) groups excluding carboxylic acids is 3. The van der Waals surface area contributed by atoms with Crippen LogP contribution in [-0.4, -0.2) is 46.0 Å². The molecule has 1 aromatic heterocycles. The van der Waals surface area contributed by atoms with Gasteiger partial charge in [-0.15, -0.1) is 0 Å². The van der Waals surface area contributed by atoms with Crippen LogP contribution in [0.3, 0.4) is 0 Å². The molecule has 2 fully saturated rings. The maximum Gasteiger partial charge on any atom is 0.326 e. The number of esters is 1.